The number of carbonyl (C=O) groups excluding carboxylic acids is 2. The van der Waals surface area contributed by atoms with Gasteiger partial charge < -0.3 is 20.1 Å². The molecule has 32 heavy (non-hydrogen) atoms. The predicted octanol–water partition coefficient (Wildman–Crippen LogP) is 2.11. The Balaban J connectivity index is 1.46. The highest BCUT2D eigenvalue weighted by Gasteiger charge is 2.30. The zero-order valence-electron chi connectivity index (χ0n) is 17.8. The van der Waals surface area contributed by atoms with E-state index in [0.29, 0.717) is 42.2 Å². The molecule has 9 nitrogen and oxygen atoms in total. The summed E-state index contributed by atoms with van der Waals surface area (Å²) in [6.45, 7) is 1.93. The molecule has 2 aromatic rings. The number of rotatable bonds is 6. The number of nitrogens with one attached hydrogen (secondary N) is 1. The molecule has 4 rings (SSSR count). The van der Waals surface area contributed by atoms with Gasteiger partial charge in [-0.05, 0) is 38.0 Å². The van der Waals surface area contributed by atoms with Crippen molar-refractivity contribution < 1.29 is 19.4 Å². The first kappa shape index (κ1) is 21.7. The number of hydrogen-bond acceptors (Lipinski definition) is 7. The Morgan fingerprint density at radius 2 is 2.09 bits per heavy atom. The van der Waals surface area contributed by atoms with Crippen LogP contribution in [0.2, 0.25) is 0 Å². The molecule has 0 radical (unpaired) electrons. The summed E-state index contributed by atoms with van der Waals surface area (Å²) in [5, 5.41) is 21.6. The maximum absolute atomic E-state index is 12.0. The van der Waals surface area contributed by atoms with E-state index in [9.17, 15) is 14.9 Å². The van der Waals surface area contributed by atoms with E-state index >= 15 is 0 Å². The molecule has 166 valence electrons. The fraction of sp³-hybridized carbons (Fsp3) is 0.435. The maximum Gasteiger partial charge on any atom is 0.248 e. The second kappa shape index (κ2) is 9.32. The second-order valence-electron chi connectivity index (χ2n) is 8.23. The molecule has 1 saturated carbocycles. The van der Waals surface area contributed by atoms with Crippen molar-refractivity contribution >= 4 is 17.6 Å². The average Bonchev–Trinajstić information content (AvgIpc) is 3.65. The third kappa shape index (κ3) is 4.86. The summed E-state index contributed by atoms with van der Waals surface area (Å²) in [4.78, 5) is 33.8. The highest BCUT2D eigenvalue weighted by molar-refractivity contribution is 5.93. The van der Waals surface area contributed by atoms with Crippen molar-refractivity contribution in [3.05, 3.63) is 36.2 Å². The van der Waals surface area contributed by atoms with Crippen LogP contribution in [0.5, 0.6) is 5.75 Å². The number of aromatic nitrogens is 2. The molecular weight excluding hydrogens is 410 g/mol. The number of anilines is 1. The average molecular weight is 435 g/mol. The van der Waals surface area contributed by atoms with Crippen LogP contribution in [0.3, 0.4) is 0 Å². The lowest BCUT2D eigenvalue weighted by Gasteiger charge is -2.37. The molecule has 0 bridgehead atoms. The standard InChI is InChI=1S/C23H25N5O4/c1-14-8-18(6-7-28(14)22(30)12-29)32-20-5-4-16(9-17(20)11-24)19-10-21(26-13-25-19)27-23(31)15-2-3-15/h4-5,9-10,13-15,18,29H,2-3,6-8,12H2,1H3,(H,25,26,27,31). The van der Waals surface area contributed by atoms with E-state index in [2.05, 4.69) is 21.4 Å². The minimum atomic E-state index is -0.495. The number of aliphatic hydroxyl groups excluding tert-OH is 1. The zero-order chi connectivity index (χ0) is 22.7. The Kier molecular flexibility index (Phi) is 6.32. The molecular formula is C23H25N5O4. The fourth-order valence-electron chi connectivity index (χ4n) is 3.91. The van der Waals surface area contributed by atoms with Crippen molar-refractivity contribution in [2.45, 2.75) is 44.8 Å². The van der Waals surface area contributed by atoms with E-state index in [1.165, 1.54) is 6.33 Å². The topological polar surface area (TPSA) is 128 Å². The molecule has 2 unspecified atom stereocenters. The van der Waals surface area contributed by atoms with Crippen molar-refractivity contribution in [3.63, 3.8) is 0 Å². The number of aliphatic hydroxyl groups is 1. The quantitative estimate of drug-likeness (QED) is 0.711. The molecule has 1 aliphatic heterocycles. The van der Waals surface area contributed by atoms with Crippen LogP contribution in [0.15, 0.2) is 30.6 Å². The van der Waals surface area contributed by atoms with Crippen LogP contribution in [0.4, 0.5) is 5.82 Å². The molecule has 2 aliphatic rings. The summed E-state index contributed by atoms with van der Waals surface area (Å²) in [6, 6.07) is 9.08. The normalized spacial score (nSPS) is 20.3. The van der Waals surface area contributed by atoms with Gasteiger partial charge in [0.15, 0.2) is 0 Å². The van der Waals surface area contributed by atoms with Gasteiger partial charge in [0.05, 0.1) is 11.3 Å². The third-order valence-corrected chi connectivity index (χ3v) is 5.84. The minimum Gasteiger partial charge on any atom is -0.489 e. The van der Waals surface area contributed by atoms with Gasteiger partial charge in [-0.15, -0.1) is 0 Å². The first-order chi connectivity index (χ1) is 15.5. The van der Waals surface area contributed by atoms with Crippen molar-refractivity contribution in [3.8, 4) is 23.1 Å². The lowest BCUT2D eigenvalue weighted by molar-refractivity contribution is -0.138. The number of likely N-dealkylation sites (tertiary alicyclic amines) is 1. The monoisotopic (exact) mass is 435 g/mol. The number of hydrogen-bond donors (Lipinski definition) is 2. The summed E-state index contributed by atoms with van der Waals surface area (Å²) in [7, 11) is 0. The van der Waals surface area contributed by atoms with E-state index in [-0.39, 0.29) is 29.9 Å². The number of nitrogens with zero attached hydrogens (tertiary/aromatic N) is 4. The van der Waals surface area contributed by atoms with Crippen molar-refractivity contribution in [1.29, 1.82) is 5.26 Å². The molecule has 2 atom stereocenters. The molecule has 2 N–H and O–H groups in total. The van der Waals surface area contributed by atoms with Gasteiger partial charge in [0, 0.05) is 43.0 Å². The van der Waals surface area contributed by atoms with Gasteiger partial charge in [-0.25, -0.2) is 9.97 Å². The number of carbonyl (C=O) groups is 2. The summed E-state index contributed by atoms with van der Waals surface area (Å²) < 4.78 is 6.10. The summed E-state index contributed by atoms with van der Waals surface area (Å²) in [6.07, 6.45) is 4.32. The SMILES string of the molecule is CC1CC(Oc2ccc(-c3cc(NC(=O)C4CC4)ncn3)cc2C#N)CCN1C(=O)CO. The van der Waals surface area contributed by atoms with E-state index in [0.717, 1.165) is 18.4 Å². The second-order valence-corrected chi connectivity index (χ2v) is 8.23. The highest BCUT2D eigenvalue weighted by atomic mass is 16.5. The lowest BCUT2D eigenvalue weighted by atomic mass is 10.00. The number of benzene rings is 1. The van der Waals surface area contributed by atoms with Gasteiger partial charge in [-0.3, -0.25) is 9.59 Å². The van der Waals surface area contributed by atoms with E-state index in [4.69, 9.17) is 9.84 Å². The van der Waals surface area contributed by atoms with Crippen LogP contribution in [0.25, 0.3) is 11.3 Å². The number of amides is 2. The van der Waals surface area contributed by atoms with Gasteiger partial charge in [-0.1, -0.05) is 0 Å². The van der Waals surface area contributed by atoms with Crippen LogP contribution >= 0.6 is 0 Å². The summed E-state index contributed by atoms with van der Waals surface area (Å²) in [5.74, 6) is 0.676. The smallest absolute Gasteiger partial charge is 0.248 e. The summed E-state index contributed by atoms with van der Waals surface area (Å²) in [5.41, 5.74) is 1.69. The number of ether oxygens (including phenoxy) is 1. The van der Waals surface area contributed by atoms with Crippen LogP contribution in [-0.2, 0) is 9.59 Å². The van der Waals surface area contributed by atoms with Crippen molar-refractivity contribution in [2.24, 2.45) is 5.92 Å². The Labute approximate surface area is 186 Å². The Morgan fingerprint density at radius 3 is 2.78 bits per heavy atom. The minimum absolute atomic E-state index is 0.0305. The Morgan fingerprint density at radius 1 is 1.28 bits per heavy atom. The zero-order valence-corrected chi connectivity index (χ0v) is 17.8. The van der Waals surface area contributed by atoms with E-state index in [1.54, 1.807) is 23.1 Å². The molecule has 1 saturated heterocycles. The van der Waals surface area contributed by atoms with Gasteiger partial charge in [0.1, 0.15) is 36.7 Å². The van der Waals surface area contributed by atoms with Crippen LogP contribution in [0, 0.1) is 17.2 Å². The predicted molar refractivity (Wildman–Crippen MR) is 115 cm³/mol. The first-order valence-corrected chi connectivity index (χ1v) is 10.7. The molecule has 1 aromatic carbocycles. The Bertz CT molecular complexity index is 1060. The first-order valence-electron chi connectivity index (χ1n) is 10.7. The molecule has 0 spiro atoms. The van der Waals surface area contributed by atoms with Gasteiger partial charge in [0.2, 0.25) is 11.8 Å². The van der Waals surface area contributed by atoms with Gasteiger partial charge in [0.25, 0.3) is 0 Å². The molecule has 1 aliphatic carbocycles. The molecule has 9 heteroatoms. The molecule has 1 aromatic heterocycles. The van der Waals surface area contributed by atoms with Crippen LogP contribution < -0.4 is 10.1 Å². The van der Waals surface area contributed by atoms with Crippen LogP contribution in [0.1, 0.15) is 38.2 Å². The van der Waals surface area contributed by atoms with Crippen molar-refractivity contribution in [1.82, 2.24) is 14.9 Å². The van der Waals surface area contributed by atoms with Crippen LogP contribution in [-0.4, -0.2) is 57.1 Å². The fourth-order valence-corrected chi connectivity index (χ4v) is 3.91. The molecule has 2 amide bonds. The summed E-state index contributed by atoms with van der Waals surface area (Å²) >= 11 is 0. The third-order valence-electron chi connectivity index (χ3n) is 5.84. The largest absolute Gasteiger partial charge is 0.489 e. The van der Waals surface area contributed by atoms with E-state index < -0.39 is 6.61 Å². The van der Waals surface area contributed by atoms with E-state index in [1.807, 2.05) is 13.0 Å². The van der Waals surface area contributed by atoms with Crippen molar-refractivity contribution in [2.75, 3.05) is 18.5 Å². The van der Waals surface area contributed by atoms with Gasteiger partial charge >= 0.3 is 0 Å². The number of piperidine rings is 1. The Hall–Kier alpha value is -3.51. The maximum atomic E-state index is 12.0. The molecule has 2 fully saturated rings. The lowest BCUT2D eigenvalue weighted by Crippen LogP contribution is -2.48. The highest BCUT2D eigenvalue weighted by Crippen LogP contribution is 2.31. The number of nitriles is 1. The molecule has 2 heterocycles. The van der Waals surface area contributed by atoms with Gasteiger partial charge in [-0.2, -0.15) is 5.26 Å².